The lowest BCUT2D eigenvalue weighted by molar-refractivity contribution is -0.120. The van der Waals surface area contributed by atoms with E-state index in [9.17, 15) is 13.2 Å². The van der Waals surface area contributed by atoms with Crippen molar-refractivity contribution in [3.63, 3.8) is 0 Å². The first-order chi connectivity index (χ1) is 9.30. The van der Waals surface area contributed by atoms with Crippen molar-refractivity contribution in [3.8, 4) is 0 Å². The number of sulfonamides is 1. The first-order valence-corrected chi connectivity index (χ1v) is 8.50. The summed E-state index contributed by atoms with van der Waals surface area (Å²) >= 11 is 0. The van der Waals surface area contributed by atoms with Gasteiger partial charge in [-0.1, -0.05) is 13.8 Å². The highest BCUT2D eigenvalue weighted by Crippen LogP contribution is 2.03. The third-order valence-electron chi connectivity index (χ3n) is 2.56. The van der Waals surface area contributed by atoms with E-state index < -0.39 is 10.0 Å². The van der Waals surface area contributed by atoms with Gasteiger partial charge in [-0.2, -0.15) is 0 Å². The second kappa shape index (κ2) is 10.1. The van der Waals surface area contributed by atoms with Crippen LogP contribution >= 0.6 is 0 Å². The highest BCUT2D eigenvalue weighted by molar-refractivity contribution is 7.89. The predicted octanol–water partition coefficient (Wildman–Crippen LogP) is -0.568. The van der Waals surface area contributed by atoms with Crippen LogP contribution in [0.25, 0.3) is 0 Å². The van der Waals surface area contributed by atoms with Crippen LogP contribution < -0.4 is 15.8 Å². The first-order valence-electron chi connectivity index (χ1n) is 6.85. The van der Waals surface area contributed by atoms with Crippen molar-refractivity contribution in [2.24, 2.45) is 11.7 Å². The number of carbonyl (C=O) groups is 1. The largest absolute Gasteiger partial charge is 0.381 e. The lowest BCUT2D eigenvalue weighted by atomic mass is 10.0. The molecule has 0 radical (unpaired) electrons. The van der Waals surface area contributed by atoms with E-state index in [0.29, 0.717) is 19.1 Å². The molecule has 7 nitrogen and oxygen atoms in total. The SMILES string of the molecule is CCOCCS(=O)(=O)NCC(=O)NC(CN)CC(C)C. The Bertz CT molecular complexity index is 371. The van der Waals surface area contributed by atoms with Gasteiger partial charge >= 0.3 is 0 Å². The summed E-state index contributed by atoms with van der Waals surface area (Å²) in [6, 6.07) is -0.129. The quantitative estimate of drug-likeness (QED) is 0.443. The van der Waals surface area contributed by atoms with Gasteiger partial charge in [0.1, 0.15) is 0 Å². The molecule has 0 saturated heterocycles. The van der Waals surface area contributed by atoms with Crippen LogP contribution in [-0.4, -0.2) is 52.4 Å². The Morgan fingerprint density at radius 2 is 2.00 bits per heavy atom. The molecule has 0 rings (SSSR count). The van der Waals surface area contributed by atoms with Gasteiger partial charge in [-0.15, -0.1) is 0 Å². The Balaban J connectivity index is 4.08. The van der Waals surface area contributed by atoms with Crippen LogP contribution in [0.3, 0.4) is 0 Å². The summed E-state index contributed by atoms with van der Waals surface area (Å²) in [6.07, 6.45) is 0.763. The van der Waals surface area contributed by atoms with Crippen LogP contribution in [0.15, 0.2) is 0 Å². The fraction of sp³-hybridized carbons (Fsp3) is 0.917. The minimum Gasteiger partial charge on any atom is -0.381 e. The zero-order valence-electron chi connectivity index (χ0n) is 12.5. The molecule has 0 bridgehead atoms. The van der Waals surface area contributed by atoms with E-state index in [4.69, 9.17) is 10.5 Å². The van der Waals surface area contributed by atoms with Crippen molar-refractivity contribution in [1.82, 2.24) is 10.0 Å². The summed E-state index contributed by atoms with van der Waals surface area (Å²) in [5, 5.41) is 2.72. The van der Waals surface area contributed by atoms with Crippen LogP contribution in [-0.2, 0) is 19.6 Å². The molecule has 1 amide bonds. The molecule has 1 unspecified atom stereocenters. The fourth-order valence-electron chi connectivity index (χ4n) is 1.62. The molecular weight excluding hydrogens is 282 g/mol. The van der Waals surface area contributed by atoms with Crippen molar-refractivity contribution in [2.45, 2.75) is 33.2 Å². The highest BCUT2D eigenvalue weighted by atomic mass is 32.2. The molecule has 4 N–H and O–H groups in total. The fourth-order valence-corrected chi connectivity index (χ4v) is 2.46. The summed E-state index contributed by atoms with van der Waals surface area (Å²) < 4.78 is 30.3. The Kier molecular flexibility index (Phi) is 9.74. The van der Waals surface area contributed by atoms with Crippen LogP contribution in [0.2, 0.25) is 0 Å². The van der Waals surface area contributed by atoms with Crippen LogP contribution in [0, 0.1) is 5.92 Å². The summed E-state index contributed by atoms with van der Waals surface area (Å²) in [6.45, 7) is 6.49. The molecular formula is C12H27N3O4S. The standard InChI is InChI=1S/C12H27N3O4S/c1-4-19-5-6-20(17,18)14-9-12(16)15-11(8-13)7-10(2)3/h10-11,14H,4-9,13H2,1-3H3,(H,15,16). The maximum atomic E-state index is 11.6. The molecule has 20 heavy (non-hydrogen) atoms. The number of hydrogen-bond donors (Lipinski definition) is 3. The Morgan fingerprint density at radius 3 is 2.50 bits per heavy atom. The number of rotatable bonds is 11. The monoisotopic (exact) mass is 309 g/mol. The van der Waals surface area contributed by atoms with E-state index in [1.165, 1.54) is 0 Å². The summed E-state index contributed by atoms with van der Waals surface area (Å²) in [5.74, 6) is -0.117. The van der Waals surface area contributed by atoms with Gasteiger partial charge in [0, 0.05) is 19.2 Å². The minimum atomic E-state index is -3.48. The van der Waals surface area contributed by atoms with E-state index in [1.807, 2.05) is 13.8 Å². The maximum Gasteiger partial charge on any atom is 0.235 e. The van der Waals surface area contributed by atoms with Crippen molar-refractivity contribution in [1.29, 1.82) is 0 Å². The smallest absolute Gasteiger partial charge is 0.235 e. The molecule has 0 spiro atoms. The zero-order chi connectivity index (χ0) is 15.6. The number of hydrogen-bond acceptors (Lipinski definition) is 5. The Hall–Kier alpha value is -0.700. The van der Waals surface area contributed by atoms with E-state index in [0.717, 1.165) is 6.42 Å². The molecule has 120 valence electrons. The molecule has 1 atom stereocenters. The maximum absolute atomic E-state index is 11.6. The molecule has 8 heteroatoms. The molecule has 0 heterocycles. The molecule has 0 fully saturated rings. The third-order valence-corrected chi connectivity index (χ3v) is 3.85. The lowest BCUT2D eigenvalue weighted by Gasteiger charge is -2.18. The van der Waals surface area contributed by atoms with Gasteiger partial charge in [-0.05, 0) is 19.3 Å². The van der Waals surface area contributed by atoms with E-state index in [1.54, 1.807) is 6.92 Å². The van der Waals surface area contributed by atoms with Crippen LogP contribution in [0.4, 0.5) is 0 Å². The lowest BCUT2D eigenvalue weighted by Crippen LogP contribution is -2.46. The van der Waals surface area contributed by atoms with Gasteiger partial charge in [0.2, 0.25) is 15.9 Å². The minimum absolute atomic E-state index is 0.117. The van der Waals surface area contributed by atoms with Crippen molar-refractivity contribution in [3.05, 3.63) is 0 Å². The van der Waals surface area contributed by atoms with Crippen molar-refractivity contribution < 1.29 is 17.9 Å². The Labute approximate surface area is 121 Å². The van der Waals surface area contributed by atoms with Crippen molar-refractivity contribution in [2.75, 3.05) is 32.1 Å². The van der Waals surface area contributed by atoms with E-state index >= 15 is 0 Å². The predicted molar refractivity (Wildman–Crippen MR) is 78.7 cm³/mol. The topological polar surface area (TPSA) is 111 Å². The molecule has 0 aromatic carbocycles. The highest BCUT2D eigenvalue weighted by Gasteiger charge is 2.15. The second-order valence-corrected chi connectivity index (χ2v) is 6.89. The van der Waals surface area contributed by atoms with Gasteiger partial charge in [-0.25, -0.2) is 13.1 Å². The third kappa shape index (κ3) is 10.1. The number of nitrogens with one attached hydrogen (secondary N) is 2. The first kappa shape index (κ1) is 19.3. The number of ether oxygens (including phenoxy) is 1. The molecule has 0 aliphatic heterocycles. The van der Waals surface area contributed by atoms with Crippen LogP contribution in [0.1, 0.15) is 27.2 Å². The molecule has 0 saturated carbocycles. The van der Waals surface area contributed by atoms with Crippen molar-refractivity contribution >= 4 is 15.9 Å². The number of carbonyl (C=O) groups excluding carboxylic acids is 1. The van der Waals surface area contributed by atoms with Gasteiger partial charge in [0.15, 0.2) is 0 Å². The summed E-state index contributed by atoms with van der Waals surface area (Å²) in [7, 11) is -3.48. The molecule has 0 aliphatic carbocycles. The second-order valence-electron chi connectivity index (χ2n) is 4.97. The van der Waals surface area contributed by atoms with Crippen LogP contribution in [0.5, 0.6) is 0 Å². The number of nitrogens with two attached hydrogens (primary N) is 1. The summed E-state index contributed by atoms with van der Waals surface area (Å²) in [5.41, 5.74) is 5.56. The van der Waals surface area contributed by atoms with Gasteiger partial charge in [0.05, 0.1) is 18.9 Å². The molecule has 0 aromatic heterocycles. The molecule has 0 aliphatic rings. The Morgan fingerprint density at radius 1 is 1.35 bits per heavy atom. The average molecular weight is 309 g/mol. The zero-order valence-corrected chi connectivity index (χ0v) is 13.3. The molecule has 0 aromatic rings. The van der Waals surface area contributed by atoms with E-state index in [-0.39, 0.29) is 30.9 Å². The van der Waals surface area contributed by atoms with Gasteiger partial charge in [0.25, 0.3) is 0 Å². The average Bonchev–Trinajstić information content (AvgIpc) is 2.35. The number of amides is 1. The van der Waals surface area contributed by atoms with E-state index in [2.05, 4.69) is 10.0 Å². The summed E-state index contributed by atoms with van der Waals surface area (Å²) in [4.78, 5) is 11.6. The van der Waals surface area contributed by atoms with Gasteiger partial charge in [-0.3, -0.25) is 4.79 Å². The normalized spacial score (nSPS) is 13.4. The van der Waals surface area contributed by atoms with Gasteiger partial charge < -0.3 is 15.8 Å².